The summed E-state index contributed by atoms with van der Waals surface area (Å²) in [5.41, 5.74) is 2.88. The number of halogens is 2. The van der Waals surface area contributed by atoms with Gasteiger partial charge in [0.15, 0.2) is 0 Å². The number of hydrazine groups is 1. The second-order valence-corrected chi connectivity index (χ2v) is 3.86. The second-order valence-electron chi connectivity index (χ2n) is 3.86. The number of nitrogens with two attached hydrogens (primary N) is 1. The molecule has 2 rings (SSSR count). The first-order chi connectivity index (χ1) is 9.17. The van der Waals surface area contributed by atoms with E-state index in [1.54, 1.807) is 0 Å². The molecule has 0 bridgehead atoms. The number of benzene rings is 1. The topological polar surface area (TPSA) is 60.2 Å². The summed E-state index contributed by atoms with van der Waals surface area (Å²) in [4.78, 5) is 3.94. The molecular weight excluding hydrogens is 252 g/mol. The van der Waals surface area contributed by atoms with Gasteiger partial charge in [0, 0.05) is 11.8 Å². The van der Waals surface area contributed by atoms with E-state index in [0.29, 0.717) is 11.3 Å². The zero-order valence-corrected chi connectivity index (χ0v) is 10.2. The molecule has 1 atom stereocenters. The molecule has 0 saturated carbocycles. The van der Waals surface area contributed by atoms with Crippen molar-refractivity contribution in [1.82, 2.24) is 10.4 Å². The van der Waals surface area contributed by atoms with Crippen LogP contribution in [0.4, 0.5) is 8.78 Å². The van der Waals surface area contributed by atoms with Crippen LogP contribution in [-0.2, 0) is 0 Å². The first-order valence-electron chi connectivity index (χ1n) is 5.57. The first kappa shape index (κ1) is 13.4. The Kier molecular flexibility index (Phi) is 4.03. The van der Waals surface area contributed by atoms with Crippen LogP contribution < -0.4 is 16.0 Å². The summed E-state index contributed by atoms with van der Waals surface area (Å²) < 4.78 is 32.2. The van der Waals surface area contributed by atoms with E-state index in [-0.39, 0.29) is 5.69 Å². The first-order valence-corrected chi connectivity index (χ1v) is 5.57. The van der Waals surface area contributed by atoms with E-state index in [0.717, 1.165) is 0 Å². The largest absolute Gasteiger partial charge is 0.496 e. The lowest BCUT2D eigenvalue weighted by Gasteiger charge is -2.19. The zero-order chi connectivity index (χ0) is 13.8. The Balaban J connectivity index is 2.54. The molecule has 3 N–H and O–H groups in total. The summed E-state index contributed by atoms with van der Waals surface area (Å²) in [7, 11) is 1.44. The Bertz CT molecular complexity index is 578. The number of pyridine rings is 1. The number of nitrogens with one attached hydrogen (secondary N) is 1. The van der Waals surface area contributed by atoms with Gasteiger partial charge in [0.25, 0.3) is 0 Å². The van der Waals surface area contributed by atoms with Crippen molar-refractivity contribution in [2.24, 2.45) is 5.84 Å². The third kappa shape index (κ3) is 2.69. The average molecular weight is 265 g/mol. The molecule has 6 heteroatoms. The Morgan fingerprint density at radius 3 is 2.74 bits per heavy atom. The SMILES string of the molecule is COc1ccc(F)cc1C(NN)c1ncccc1F. The molecule has 2 aromatic rings. The molecule has 0 radical (unpaired) electrons. The average Bonchev–Trinajstić information content (AvgIpc) is 2.42. The van der Waals surface area contributed by atoms with Gasteiger partial charge in [-0.25, -0.2) is 14.2 Å². The van der Waals surface area contributed by atoms with E-state index in [9.17, 15) is 8.78 Å². The number of rotatable bonds is 4. The molecule has 1 aromatic carbocycles. The number of aromatic nitrogens is 1. The minimum absolute atomic E-state index is 0.0777. The van der Waals surface area contributed by atoms with E-state index in [2.05, 4.69) is 10.4 Å². The van der Waals surface area contributed by atoms with Gasteiger partial charge < -0.3 is 4.74 Å². The summed E-state index contributed by atoms with van der Waals surface area (Å²) >= 11 is 0. The highest BCUT2D eigenvalue weighted by Gasteiger charge is 2.22. The molecule has 1 unspecified atom stereocenters. The standard InChI is InChI=1S/C13H13F2N3O/c1-19-11-5-4-8(14)7-9(11)12(18-16)13-10(15)3-2-6-17-13/h2-7,12,18H,16H2,1H3. The maximum atomic E-state index is 13.8. The van der Waals surface area contributed by atoms with Gasteiger partial charge >= 0.3 is 0 Å². The summed E-state index contributed by atoms with van der Waals surface area (Å²) in [5.74, 6) is 4.85. The van der Waals surface area contributed by atoms with Gasteiger partial charge in [0.1, 0.15) is 17.4 Å². The van der Waals surface area contributed by atoms with Crippen molar-refractivity contribution in [3.05, 3.63) is 59.4 Å². The molecule has 4 nitrogen and oxygen atoms in total. The van der Waals surface area contributed by atoms with Crippen LogP contribution in [0.25, 0.3) is 0 Å². The van der Waals surface area contributed by atoms with Gasteiger partial charge in [-0.3, -0.25) is 10.8 Å². The van der Waals surface area contributed by atoms with E-state index in [1.807, 2.05) is 0 Å². The number of ether oxygens (including phenoxy) is 1. The van der Waals surface area contributed by atoms with E-state index >= 15 is 0 Å². The number of methoxy groups -OCH3 is 1. The van der Waals surface area contributed by atoms with Crippen LogP contribution >= 0.6 is 0 Å². The molecule has 0 fully saturated rings. The third-order valence-corrected chi connectivity index (χ3v) is 2.73. The second kappa shape index (κ2) is 5.73. The zero-order valence-electron chi connectivity index (χ0n) is 10.2. The fraction of sp³-hybridized carbons (Fsp3) is 0.154. The van der Waals surface area contributed by atoms with Crippen LogP contribution in [0.2, 0.25) is 0 Å². The lowest BCUT2D eigenvalue weighted by Crippen LogP contribution is -2.30. The van der Waals surface area contributed by atoms with Gasteiger partial charge in [0.05, 0.1) is 18.8 Å². The highest BCUT2D eigenvalue weighted by molar-refractivity contribution is 5.40. The van der Waals surface area contributed by atoms with Crippen molar-refractivity contribution in [2.45, 2.75) is 6.04 Å². The minimum atomic E-state index is -0.799. The van der Waals surface area contributed by atoms with Gasteiger partial charge in [-0.05, 0) is 30.3 Å². The Labute approximate surface area is 109 Å². The third-order valence-electron chi connectivity index (χ3n) is 2.73. The van der Waals surface area contributed by atoms with Crippen LogP contribution in [0, 0.1) is 11.6 Å². The molecule has 0 saturated heterocycles. The molecule has 19 heavy (non-hydrogen) atoms. The van der Waals surface area contributed by atoms with E-state index < -0.39 is 17.7 Å². The predicted molar refractivity (Wildman–Crippen MR) is 66.3 cm³/mol. The van der Waals surface area contributed by atoms with Crippen LogP contribution in [-0.4, -0.2) is 12.1 Å². The van der Waals surface area contributed by atoms with Gasteiger partial charge in [-0.1, -0.05) is 0 Å². The van der Waals surface area contributed by atoms with E-state index in [1.165, 1.54) is 43.6 Å². The number of hydrogen-bond acceptors (Lipinski definition) is 4. The Hall–Kier alpha value is -2.05. The molecule has 0 spiro atoms. The maximum absolute atomic E-state index is 13.8. The highest BCUT2D eigenvalue weighted by Crippen LogP contribution is 2.30. The number of hydrogen-bond donors (Lipinski definition) is 2. The quantitative estimate of drug-likeness (QED) is 0.655. The summed E-state index contributed by atoms with van der Waals surface area (Å²) in [5, 5.41) is 0. The van der Waals surface area contributed by atoms with Crippen molar-refractivity contribution < 1.29 is 13.5 Å². The minimum Gasteiger partial charge on any atom is -0.496 e. The molecule has 0 amide bonds. The molecule has 1 heterocycles. The van der Waals surface area contributed by atoms with Crippen molar-refractivity contribution in [1.29, 1.82) is 0 Å². The molecule has 0 aliphatic carbocycles. The molecular formula is C13H13F2N3O. The summed E-state index contributed by atoms with van der Waals surface area (Å²) in [6.07, 6.45) is 1.44. The molecule has 100 valence electrons. The maximum Gasteiger partial charge on any atom is 0.146 e. The lowest BCUT2D eigenvalue weighted by molar-refractivity contribution is 0.400. The number of nitrogens with zero attached hydrogens (tertiary/aromatic N) is 1. The van der Waals surface area contributed by atoms with Crippen LogP contribution in [0.15, 0.2) is 36.5 Å². The van der Waals surface area contributed by atoms with Gasteiger partial charge in [-0.2, -0.15) is 0 Å². The predicted octanol–water partition coefficient (Wildman–Crippen LogP) is 1.92. The lowest BCUT2D eigenvalue weighted by atomic mass is 10.0. The van der Waals surface area contributed by atoms with Crippen molar-refractivity contribution in [3.8, 4) is 5.75 Å². The van der Waals surface area contributed by atoms with Crippen molar-refractivity contribution in [3.63, 3.8) is 0 Å². The van der Waals surface area contributed by atoms with Gasteiger partial charge in [0.2, 0.25) is 0 Å². The van der Waals surface area contributed by atoms with Crippen LogP contribution in [0.3, 0.4) is 0 Å². The molecule has 0 aliphatic heterocycles. The van der Waals surface area contributed by atoms with Crippen molar-refractivity contribution >= 4 is 0 Å². The fourth-order valence-electron chi connectivity index (χ4n) is 1.86. The van der Waals surface area contributed by atoms with Gasteiger partial charge in [-0.15, -0.1) is 0 Å². The summed E-state index contributed by atoms with van der Waals surface area (Å²) in [6, 6.07) is 5.87. The fourth-order valence-corrected chi connectivity index (χ4v) is 1.86. The normalized spacial score (nSPS) is 12.2. The van der Waals surface area contributed by atoms with Crippen molar-refractivity contribution in [2.75, 3.05) is 7.11 Å². The van der Waals surface area contributed by atoms with Crippen LogP contribution in [0.1, 0.15) is 17.3 Å². The highest BCUT2D eigenvalue weighted by atomic mass is 19.1. The monoisotopic (exact) mass is 265 g/mol. The van der Waals surface area contributed by atoms with Crippen LogP contribution in [0.5, 0.6) is 5.75 Å². The van der Waals surface area contributed by atoms with E-state index in [4.69, 9.17) is 10.6 Å². The molecule has 0 aliphatic rings. The Morgan fingerprint density at radius 2 is 2.11 bits per heavy atom. The Morgan fingerprint density at radius 1 is 1.32 bits per heavy atom. The smallest absolute Gasteiger partial charge is 0.146 e. The summed E-state index contributed by atoms with van der Waals surface area (Å²) in [6.45, 7) is 0. The molecule has 1 aromatic heterocycles.